The molecule has 2 aliphatic rings. The highest BCUT2D eigenvalue weighted by Gasteiger charge is 2.36. The molecular weight excluding hydrogens is 627 g/mol. The largest absolute Gasteiger partial charge is 0.496 e. The molecule has 244 valence electrons. The predicted octanol–water partition coefficient (Wildman–Crippen LogP) is 3.83. The zero-order chi connectivity index (χ0) is 32.7. The first kappa shape index (κ1) is 31.0. The third kappa shape index (κ3) is 5.88. The fourth-order valence-electron chi connectivity index (χ4n) is 6.25. The van der Waals surface area contributed by atoms with Gasteiger partial charge in [0.25, 0.3) is 5.56 Å². The number of carbonyl (C=O) groups is 1. The van der Waals surface area contributed by atoms with Gasteiger partial charge < -0.3 is 19.5 Å². The Morgan fingerprint density at radius 1 is 1.06 bits per heavy atom. The maximum Gasteiger partial charge on any atom is 0.332 e. The van der Waals surface area contributed by atoms with Crippen LogP contribution in [0.25, 0.3) is 15.2 Å². The number of benzene rings is 2. The van der Waals surface area contributed by atoms with Crippen molar-refractivity contribution in [1.29, 1.82) is 0 Å². The van der Waals surface area contributed by atoms with Crippen molar-refractivity contribution in [2.45, 2.75) is 63.7 Å². The minimum absolute atomic E-state index is 0.0171. The lowest BCUT2D eigenvalue weighted by Gasteiger charge is -2.37. The molecule has 1 saturated carbocycles. The summed E-state index contributed by atoms with van der Waals surface area (Å²) < 4.78 is 35.5. The number of aromatic nitrogens is 5. The Morgan fingerprint density at radius 3 is 2.53 bits per heavy atom. The number of aryl methyl sites for hydroxylation is 1. The molecule has 0 bridgehead atoms. The van der Waals surface area contributed by atoms with E-state index in [-0.39, 0.29) is 24.1 Å². The molecule has 14 heteroatoms. The van der Waals surface area contributed by atoms with Gasteiger partial charge in [0.15, 0.2) is 0 Å². The van der Waals surface area contributed by atoms with Crippen molar-refractivity contribution in [2.24, 2.45) is 0 Å². The van der Waals surface area contributed by atoms with Gasteiger partial charge in [0.2, 0.25) is 5.91 Å². The van der Waals surface area contributed by atoms with Crippen LogP contribution in [0, 0.1) is 12.7 Å². The highest BCUT2D eigenvalue weighted by Crippen LogP contribution is 2.38. The van der Waals surface area contributed by atoms with Gasteiger partial charge in [0.1, 0.15) is 33.5 Å². The number of nitrogens with zero attached hydrogens (tertiary/aromatic N) is 5. The van der Waals surface area contributed by atoms with Crippen LogP contribution in [0.5, 0.6) is 5.75 Å². The van der Waals surface area contributed by atoms with Crippen LogP contribution in [-0.2, 0) is 27.4 Å². The first-order valence-corrected chi connectivity index (χ1v) is 16.2. The van der Waals surface area contributed by atoms with Crippen LogP contribution in [0.3, 0.4) is 0 Å². The Kier molecular flexibility index (Phi) is 8.47. The number of amides is 1. The van der Waals surface area contributed by atoms with E-state index < -0.39 is 35.1 Å². The molecule has 2 aromatic carbocycles. The van der Waals surface area contributed by atoms with E-state index in [1.165, 1.54) is 58.4 Å². The van der Waals surface area contributed by atoms with Gasteiger partial charge in [-0.2, -0.15) is 10.2 Å². The van der Waals surface area contributed by atoms with Crippen molar-refractivity contribution in [2.75, 3.05) is 13.7 Å². The van der Waals surface area contributed by atoms with Gasteiger partial charge in [-0.05, 0) is 37.1 Å². The second kappa shape index (κ2) is 12.9. The van der Waals surface area contributed by atoms with E-state index in [1.807, 2.05) is 30.3 Å². The zero-order valence-electron chi connectivity index (χ0n) is 25.8. The van der Waals surface area contributed by atoms with Gasteiger partial charge in [-0.25, -0.2) is 13.8 Å². The van der Waals surface area contributed by atoms with Crippen LogP contribution < -0.4 is 21.3 Å². The fourth-order valence-corrected chi connectivity index (χ4v) is 7.47. The number of hydrogen-bond acceptors (Lipinski definition) is 9. The maximum absolute atomic E-state index is 14.7. The highest BCUT2D eigenvalue weighted by molar-refractivity contribution is 7.21. The third-order valence-electron chi connectivity index (χ3n) is 8.77. The molecule has 47 heavy (non-hydrogen) atoms. The molecule has 3 aromatic heterocycles. The quantitative estimate of drug-likeness (QED) is 0.226. The molecule has 2 fully saturated rings. The van der Waals surface area contributed by atoms with Crippen LogP contribution in [0.4, 0.5) is 4.39 Å². The minimum atomic E-state index is -0.964. The molecule has 7 rings (SSSR count). The highest BCUT2D eigenvalue weighted by atomic mass is 32.1. The van der Waals surface area contributed by atoms with E-state index in [4.69, 9.17) is 14.2 Å². The molecule has 1 aliphatic heterocycles. The molecule has 1 aliphatic carbocycles. The molecule has 2 atom stereocenters. The molecule has 4 heterocycles. The summed E-state index contributed by atoms with van der Waals surface area (Å²) in [5.41, 5.74) is 0.843. The van der Waals surface area contributed by atoms with Crippen molar-refractivity contribution < 1.29 is 23.4 Å². The van der Waals surface area contributed by atoms with Crippen molar-refractivity contribution in [3.05, 3.63) is 104 Å². The summed E-state index contributed by atoms with van der Waals surface area (Å²) in [4.78, 5) is 42.9. The van der Waals surface area contributed by atoms with E-state index >= 15 is 0 Å². The van der Waals surface area contributed by atoms with Gasteiger partial charge in [-0.15, -0.1) is 4.80 Å². The van der Waals surface area contributed by atoms with Crippen LogP contribution >= 0.6 is 11.3 Å². The van der Waals surface area contributed by atoms with Crippen LogP contribution in [0.1, 0.15) is 48.1 Å². The Hall–Kier alpha value is -4.66. The predicted molar refractivity (Wildman–Crippen MR) is 171 cm³/mol. The van der Waals surface area contributed by atoms with Crippen molar-refractivity contribution in [1.82, 2.24) is 29.4 Å². The SMILES string of the molecule is COc1ccc(F)cc1[C@H](Cn1c(=O)n([C@@H]2CCNC2=O)c(=O)c2c(C)c(-n3nccn3)sc21)OC1CC(OCc2ccccc2)C1. The summed E-state index contributed by atoms with van der Waals surface area (Å²) in [5.74, 6) is -0.493. The Balaban J connectivity index is 1.28. The van der Waals surface area contributed by atoms with E-state index in [0.717, 1.165) is 10.1 Å². The standard InChI is InChI=1S/C33H33FN6O6S/c1-19-28-30(42)39(25-10-11-35-29(25)41)33(43)38(32(28)47-31(19)40-36-12-13-37-40)17-27(24-14-21(34)8-9-26(24)44-2)46-23-15-22(16-23)45-18-20-6-4-3-5-7-20/h3-9,12-14,22-23,25,27H,10-11,15-18H2,1-2H3,(H,35,41)/t22?,23?,25-,27+/m1/s1. The van der Waals surface area contributed by atoms with E-state index in [1.54, 1.807) is 6.92 Å². The maximum atomic E-state index is 14.7. The fraction of sp³-hybridized carbons (Fsp3) is 0.364. The van der Waals surface area contributed by atoms with Crippen LogP contribution in [0.15, 0.2) is 70.5 Å². The Labute approximate surface area is 272 Å². The summed E-state index contributed by atoms with van der Waals surface area (Å²) in [5, 5.41) is 12.0. The molecule has 0 spiro atoms. The number of thiophene rings is 1. The van der Waals surface area contributed by atoms with Gasteiger partial charge in [0, 0.05) is 30.5 Å². The molecular formula is C33H33FN6O6S. The topological polar surface area (TPSA) is 132 Å². The van der Waals surface area contributed by atoms with Gasteiger partial charge in [-0.1, -0.05) is 41.7 Å². The number of nitrogens with one attached hydrogen (secondary N) is 1. The summed E-state index contributed by atoms with van der Waals surface area (Å²) in [6.45, 7) is 2.51. The number of ether oxygens (including phenoxy) is 3. The van der Waals surface area contributed by atoms with Gasteiger partial charge in [0.05, 0.1) is 50.2 Å². The van der Waals surface area contributed by atoms with E-state index in [9.17, 15) is 18.8 Å². The van der Waals surface area contributed by atoms with E-state index in [0.29, 0.717) is 59.1 Å². The number of hydrogen-bond donors (Lipinski definition) is 1. The third-order valence-corrected chi connectivity index (χ3v) is 10.1. The monoisotopic (exact) mass is 660 g/mol. The average Bonchev–Trinajstić information content (AvgIpc) is 3.81. The molecule has 12 nitrogen and oxygen atoms in total. The van der Waals surface area contributed by atoms with Gasteiger partial charge >= 0.3 is 5.69 Å². The van der Waals surface area contributed by atoms with Crippen molar-refractivity contribution >= 4 is 27.5 Å². The summed E-state index contributed by atoms with van der Waals surface area (Å²) >= 11 is 1.19. The molecule has 5 aromatic rings. The zero-order valence-corrected chi connectivity index (χ0v) is 26.6. The Morgan fingerprint density at radius 2 is 1.83 bits per heavy atom. The summed E-state index contributed by atoms with van der Waals surface area (Å²) in [6.07, 6.45) is 3.46. The lowest BCUT2D eigenvalue weighted by molar-refractivity contribution is -0.134. The second-order valence-corrected chi connectivity index (χ2v) is 12.7. The van der Waals surface area contributed by atoms with Crippen molar-refractivity contribution in [3.8, 4) is 10.8 Å². The van der Waals surface area contributed by atoms with E-state index in [2.05, 4.69) is 15.5 Å². The van der Waals surface area contributed by atoms with Crippen molar-refractivity contribution in [3.63, 3.8) is 0 Å². The first-order valence-electron chi connectivity index (χ1n) is 15.4. The smallest absolute Gasteiger partial charge is 0.332 e. The molecule has 1 amide bonds. The number of carbonyl (C=O) groups excluding carboxylic acids is 1. The summed E-state index contributed by atoms with van der Waals surface area (Å²) in [7, 11) is 1.49. The molecule has 0 radical (unpaired) electrons. The lowest BCUT2D eigenvalue weighted by Crippen LogP contribution is -2.45. The van der Waals surface area contributed by atoms with Gasteiger partial charge in [-0.3, -0.25) is 14.2 Å². The normalized spacial score (nSPS) is 19.9. The Bertz CT molecular complexity index is 2040. The molecule has 0 unspecified atom stereocenters. The number of halogens is 1. The summed E-state index contributed by atoms with van der Waals surface area (Å²) in [6, 6.07) is 13.1. The minimum Gasteiger partial charge on any atom is -0.496 e. The number of methoxy groups -OCH3 is 1. The number of rotatable bonds is 11. The second-order valence-electron chi connectivity index (χ2n) is 11.7. The van der Waals surface area contributed by atoms with Crippen LogP contribution in [0.2, 0.25) is 0 Å². The average molecular weight is 661 g/mol. The number of fused-ring (bicyclic) bond motifs is 1. The first-order chi connectivity index (χ1) is 22.8. The van der Waals surface area contributed by atoms with Crippen LogP contribution in [-0.4, -0.2) is 55.9 Å². The molecule has 1 saturated heterocycles. The molecule has 1 N–H and O–H groups in total. The lowest BCUT2D eigenvalue weighted by atomic mass is 9.91.